The van der Waals surface area contributed by atoms with E-state index in [0.29, 0.717) is 26.1 Å². The maximum atomic E-state index is 13.0. The monoisotopic (exact) mass is 328 g/mol. The molecule has 0 bridgehead atoms. The Morgan fingerprint density at radius 1 is 1.38 bits per heavy atom. The summed E-state index contributed by atoms with van der Waals surface area (Å²) >= 11 is 0. The smallest absolute Gasteiger partial charge is 0.230 e. The average molecular weight is 328 g/mol. The molecule has 2 unspecified atom stereocenters. The van der Waals surface area contributed by atoms with Gasteiger partial charge in [-0.2, -0.15) is 0 Å². The third-order valence-corrected chi connectivity index (χ3v) is 4.70. The van der Waals surface area contributed by atoms with Gasteiger partial charge in [0.05, 0.1) is 25.2 Å². The number of likely N-dealkylation sites (tertiary alicyclic amines) is 1. The van der Waals surface area contributed by atoms with Crippen molar-refractivity contribution in [2.45, 2.75) is 44.2 Å². The summed E-state index contributed by atoms with van der Waals surface area (Å²) in [4.78, 5) is 14.8. The Hall–Kier alpha value is -2.21. The summed E-state index contributed by atoms with van der Waals surface area (Å²) in [6.07, 6.45) is 5.54. The van der Waals surface area contributed by atoms with Gasteiger partial charge in [0, 0.05) is 12.7 Å². The molecule has 128 valence electrons. The van der Waals surface area contributed by atoms with E-state index in [1.165, 1.54) is 0 Å². The topological polar surface area (TPSA) is 71.2 Å². The Kier molecular flexibility index (Phi) is 4.94. The van der Waals surface area contributed by atoms with E-state index in [2.05, 4.69) is 10.3 Å². The number of rotatable bonds is 5. The largest absolute Gasteiger partial charge is 0.386 e. The van der Waals surface area contributed by atoms with Gasteiger partial charge in [-0.05, 0) is 24.8 Å². The Morgan fingerprint density at radius 2 is 2.17 bits per heavy atom. The summed E-state index contributed by atoms with van der Waals surface area (Å²) in [5.74, 6) is -0.0552. The first-order valence-corrected chi connectivity index (χ1v) is 8.51. The molecule has 1 aliphatic rings. The van der Waals surface area contributed by atoms with Crippen LogP contribution in [0.5, 0.6) is 0 Å². The van der Waals surface area contributed by atoms with Gasteiger partial charge in [-0.3, -0.25) is 4.79 Å². The van der Waals surface area contributed by atoms with Crippen LogP contribution in [0.15, 0.2) is 42.7 Å². The summed E-state index contributed by atoms with van der Waals surface area (Å²) in [6, 6.07) is 9.87. The third kappa shape index (κ3) is 3.64. The van der Waals surface area contributed by atoms with Gasteiger partial charge < -0.3 is 10.0 Å². The maximum absolute atomic E-state index is 13.0. The summed E-state index contributed by atoms with van der Waals surface area (Å²) in [5, 5.41) is 18.6. The van der Waals surface area contributed by atoms with Crippen molar-refractivity contribution in [1.82, 2.24) is 19.9 Å². The number of hydrogen-bond acceptors (Lipinski definition) is 4. The third-order valence-electron chi connectivity index (χ3n) is 4.70. The molecule has 6 nitrogen and oxygen atoms in total. The standard InChI is InChI=1S/C18H24N4O2/c1-2-16(15-7-4-3-5-8-15)17(23)21-11-6-9-18(24,13-21)14-22-12-10-19-20-22/h3-5,7-8,10,12,16,24H,2,6,9,11,13-14H2,1H3. The van der Waals surface area contributed by atoms with Crippen LogP contribution in [-0.2, 0) is 11.3 Å². The van der Waals surface area contributed by atoms with E-state index in [-0.39, 0.29) is 11.8 Å². The zero-order chi connectivity index (χ0) is 17.0. The van der Waals surface area contributed by atoms with Crippen molar-refractivity contribution in [2.24, 2.45) is 0 Å². The number of aromatic nitrogens is 3. The molecule has 1 aromatic carbocycles. The second kappa shape index (κ2) is 7.13. The van der Waals surface area contributed by atoms with Crippen molar-refractivity contribution < 1.29 is 9.90 Å². The first-order valence-electron chi connectivity index (χ1n) is 8.51. The van der Waals surface area contributed by atoms with Crippen LogP contribution in [0.4, 0.5) is 0 Å². The molecule has 1 aromatic heterocycles. The van der Waals surface area contributed by atoms with Crippen molar-refractivity contribution in [3.63, 3.8) is 0 Å². The van der Waals surface area contributed by atoms with Gasteiger partial charge >= 0.3 is 0 Å². The van der Waals surface area contributed by atoms with Gasteiger partial charge in [0.2, 0.25) is 5.91 Å². The van der Waals surface area contributed by atoms with E-state index < -0.39 is 5.60 Å². The predicted octanol–water partition coefficient (Wildman–Crippen LogP) is 1.83. The van der Waals surface area contributed by atoms with Crippen molar-refractivity contribution in [3.05, 3.63) is 48.3 Å². The Labute approximate surface area is 142 Å². The van der Waals surface area contributed by atoms with Crippen LogP contribution in [0.3, 0.4) is 0 Å². The van der Waals surface area contributed by atoms with Crippen LogP contribution in [0.2, 0.25) is 0 Å². The fourth-order valence-corrected chi connectivity index (χ4v) is 3.51. The molecule has 0 saturated carbocycles. The van der Waals surface area contributed by atoms with Crippen LogP contribution in [-0.4, -0.2) is 49.6 Å². The number of carbonyl (C=O) groups excluding carboxylic acids is 1. The fourth-order valence-electron chi connectivity index (χ4n) is 3.51. The second-order valence-corrected chi connectivity index (χ2v) is 6.56. The molecule has 3 rings (SSSR count). The summed E-state index contributed by atoms with van der Waals surface area (Å²) in [6.45, 7) is 3.43. The van der Waals surface area contributed by atoms with Crippen molar-refractivity contribution >= 4 is 5.91 Å². The van der Waals surface area contributed by atoms with Crippen LogP contribution in [0.1, 0.15) is 37.7 Å². The first kappa shape index (κ1) is 16.6. The summed E-state index contributed by atoms with van der Waals surface area (Å²) in [5.41, 5.74) is 0.0896. The quantitative estimate of drug-likeness (QED) is 0.909. The predicted molar refractivity (Wildman–Crippen MR) is 90.3 cm³/mol. The minimum Gasteiger partial charge on any atom is -0.386 e. The molecule has 0 radical (unpaired) electrons. The Bertz CT molecular complexity index is 659. The minimum atomic E-state index is -0.948. The molecule has 1 amide bonds. The summed E-state index contributed by atoms with van der Waals surface area (Å²) < 4.78 is 1.63. The fraction of sp³-hybridized carbons (Fsp3) is 0.500. The van der Waals surface area contributed by atoms with E-state index >= 15 is 0 Å². The van der Waals surface area contributed by atoms with Gasteiger partial charge in [-0.25, -0.2) is 4.68 Å². The molecule has 2 atom stereocenters. The first-order chi connectivity index (χ1) is 11.6. The van der Waals surface area contributed by atoms with Gasteiger partial charge in [0.25, 0.3) is 0 Å². The van der Waals surface area contributed by atoms with Gasteiger partial charge in [0.15, 0.2) is 0 Å². The zero-order valence-corrected chi connectivity index (χ0v) is 14.0. The normalized spacial score (nSPS) is 22.3. The number of β-amino-alcohol motifs (C(OH)–C–C–N with tert-alkyl or cyclic N) is 1. The lowest BCUT2D eigenvalue weighted by Crippen LogP contribution is -2.53. The number of aliphatic hydroxyl groups is 1. The van der Waals surface area contributed by atoms with Gasteiger partial charge in [-0.15, -0.1) is 5.10 Å². The lowest BCUT2D eigenvalue weighted by Gasteiger charge is -2.40. The number of amides is 1. The molecule has 24 heavy (non-hydrogen) atoms. The minimum absolute atomic E-state index is 0.0976. The average Bonchev–Trinajstić information content (AvgIpc) is 3.08. The number of hydrogen-bond donors (Lipinski definition) is 1. The van der Waals surface area contributed by atoms with Crippen LogP contribution < -0.4 is 0 Å². The van der Waals surface area contributed by atoms with Crippen LogP contribution in [0.25, 0.3) is 0 Å². The molecule has 1 aliphatic heterocycles. The van der Waals surface area contributed by atoms with Gasteiger partial charge in [-0.1, -0.05) is 42.5 Å². The van der Waals surface area contributed by atoms with E-state index in [0.717, 1.165) is 18.4 Å². The number of benzene rings is 1. The molecule has 1 N–H and O–H groups in total. The highest BCUT2D eigenvalue weighted by Crippen LogP contribution is 2.28. The van der Waals surface area contributed by atoms with Gasteiger partial charge in [0.1, 0.15) is 5.60 Å². The number of carbonyl (C=O) groups is 1. The Morgan fingerprint density at radius 3 is 2.83 bits per heavy atom. The molecule has 1 fully saturated rings. The molecule has 0 aliphatic carbocycles. The highest BCUT2D eigenvalue weighted by Gasteiger charge is 2.37. The number of nitrogens with zero attached hydrogens (tertiary/aromatic N) is 4. The molecular formula is C18H24N4O2. The summed E-state index contributed by atoms with van der Waals surface area (Å²) in [7, 11) is 0. The van der Waals surface area contributed by atoms with Crippen molar-refractivity contribution in [1.29, 1.82) is 0 Å². The highest BCUT2D eigenvalue weighted by molar-refractivity contribution is 5.83. The van der Waals surface area contributed by atoms with E-state index in [1.54, 1.807) is 17.1 Å². The lowest BCUT2D eigenvalue weighted by atomic mass is 9.89. The van der Waals surface area contributed by atoms with E-state index in [4.69, 9.17) is 0 Å². The molecule has 2 aromatic rings. The highest BCUT2D eigenvalue weighted by atomic mass is 16.3. The molecular weight excluding hydrogens is 304 g/mol. The van der Waals surface area contributed by atoms with Crippen molar-refractivity contribution in [3.8, 4) is 0 Å². The zero-order valence-electron chi connectivity index (χ0n) is 14.0. The SMILES string of the molecule is CCC(C(=O)N1CCCC(O)(Cn2ccnn2)C1)c1ccccc1. The maximum Gasteiger partial charge on any atom is 0.230 e. The molecule has 0 spiro atoms. The van der Waals surface area contributed by atoms with E-state index in [1.807, 2.05) is 42.2 Å². The van der Waals surface area contributed by atoms with E-state index in [9.17, 15) is 9.90 Å². The molecule has 1 saturated heterocycles. The number of piperidine rings is 1. The molecule has 6 heteroatoms. The van der Waals surface area contributed by atoms with Crippen molar-refractivity contribution in [2.75, 3.05) is 13.1 Å². The Balaban J connectivity index is 1.72. The lowest BCUT2D eigenvalue weighted by molar-refractivity contribution is -0.141. The van der Waals surface area contributed by atoms with Crippen LogP contribution in [0, 0.1) is 0 Å². The molecule has 2 heterocycles. The second-order valence-electron chi connectivity index (χ2n) is 6.56. The van der Waals surface area contributed by atoms with Crippen LogP contribution >= 0.6 is 0 Å².